The molecule has 3 heteroatoms. The normalized spacial score (nSPS) is 21.1. The summed E-state index contributed by atoms with van der Waals surface area (Å²) in [4.78, 5) is 0. The summed E-state index contributed by atoms with van der Waals surface area (Å²) in [7, 11) is 0. The van der Waals surface area contributed by atoms with Gasteiger partial charge in [0.25, 0.3) is 0 Å². The zero-order chi connectivity index (χ0) is 9.97. The fourth-order valence-electron chi connectivity index (χ4n) is 1.62. The monoisotopic (exact) mass is 211 g/mol. The zero-order valence-electron chi connectivity index (χ0n) is 8.22. The van der Waals surface area contributed by atoms with Crippen LogP contribution in [-0.2, 0) is 0 Å². The highest BCUT2D eigenvalue weighted by atomic mass is 32.2. The smallest absolute Gasteiger partial charge is 0.146 e. The molecule has 76 valence electrons. The molecule has 0 amide bonds. The van der Waals surface area contributed by atoms with Gasteiger partial charge in [-0.3, -0.25) is 0 Å². The minimum absolute atomic E-state index is 0.146. The SMILES string of the molecule is Cc1ccc(F)c(N[C@@H]2CCSC2)c1. The van der Waals surface area contributed by atoms with Gasteiger partial charge in [0.1, 0.15) is 5.82 Å². The number of nitrogens with one attached hydrogen (secondary N) is 1. The topological polar surface area (TPSA) is 12.0 Å². The van der Waals surface area contributed by atoms with E-state index >= 15 is 0 Å². The molecule has 1 aromatic carbocycles. The highest BCUT2D eigenvalue weighted by molar-refractivity contribution is 7.99. The summed E-state index contributed by atoms with van der Waals surface area (Å²) >= 11 is 1.93. The van der Waals surface area contributed by atoms with Crippen molar-refractivity contribution in [1.82, 2.24) is 0 Å². The molecule has 0 aliphatic carbocycles. The Balaban J connectivity index is 2.10. The van der Waals surface area contributed by atoms with E-state index in [9.17, 15) is 4.39 Å². The fraction of sp³-hybridized carbons (Fsp3) is 0.455. The van der Waals surface area contributed by atoms with Crippen molar-refractivity contribution < 1.29 is 4.39 Å². The molecule has 0 bridgehead atoms. The van der Waals surface area contributed by atoms with Crippen molar-refractivity contribution in [1.29, 1.82) is 0 Å². The van der Waals surface area contributed by atoms with Crippen molar-refractivity contribution in [2.75, 3.05) is 16.8 Å². The minimum atomic E-state index is -0.146. The molecule has 1 saturated heterocycles. The van der Waals surface area contributed by atoms with Crippen LogP contribution in [0.3, 0.4) is 0 Å². The lowest BCUT2D eigenvalue weighted by molar-refractivity contribution is 0.626. The van der Waals surface area contributed by atoms with Crippen molar-refractivity contribution in [3.05, 3.63) is 29.6 Å². The average molecular weight is 211 g/mol. The van der Waals surface area contributed by atoms with Crippen molar-refractivity contribution in [2.45, 2.75) is 19.4 Å². The fourth-order valence-corrected chi connectivity index (χ4v) is 2.77. The Morgan fingerprint density at radius 3 is 3.07 bits per heavy atom. The second-order valence-corrected chi connectivity index (χ2v) is 4.84. The van der Waals surface area contributed by atoms with Gasteiger partial charge in [-0.05, 0) is 36.8 Å². The number of thioether (sulfide) groups is 1. The standard InChI is InChI=1S/C11H14FNS/c1-8-2-3-10(12)11(6-8)13-9-4-5-14-7-9/h2-3,6,9,13H,4-5,7H2,1H3/t9-/m1/s1. The highest BCUT2D eigenvalue weighted by Crippen LogP contribution is 2.23. The van der Waals surface area contributed by atoms with E-state index in [1.54, 1.807) is 6.07 Å². The van der Waals surface area contributed by atoms with E-state index in [1.807, 2.05) is 24.8 Å². The molecule has 2 rings (SSSR count). The van der Waals surface area contributed by atoms with Crippen molar-refractivity contribution in [3.8, 4) is 0 Å². The molecular formula is C11H14FNS. The Morgan fingerprint density at radius 1 is 1.50 bits per heavy atom. The van der Waals surface area contributed by atoms with Gasteiger partial charge in [0.2, 0.25) is 0 Å². The van der Waals surface area contributed by atoms with Gasteiger partial charge in [-0.1, -0.05) is 6.07 Å². The molecule has 1 nitrogen and oxygen atoms in total. The van der Waals surface area contributed by atoms with E-state index < -0.39 is 0 Å². The molecule has 1 N–H and O–H groups in total. The van der Waals surface area contributed by atoms with Gasteiger partial charge in [0, 0.05) is 11.8 Å². The third-order valence-electron chi connectivity index (χ3n) is 2.41. The Labute approximate surface area is 88.1 Å². The summed E-state index contributed by atoms with van der Waals surface area (Å²) in [6, 6.07) is 5.64. The van der Waals surface area contributed by atoms with Crippen LogP contribution in [0.25, 0.3) is 0 Å². The Kier molecular flexibility index (Phi) is 2.96. The Morgan fingerprint density at radius 2 is 2.36 bits per heavy atom. The van der Waals surface area contributed by atoms with Crippen LogP contribution in [0.1, 0.15) is 12.0 Å². The lowest BCUT2D eigenvalue weighted by Gasteiger charge is -2.13. The van der Waals surface area contributed by atoms with Gasteiger partial charge < -0.3 is 5.32 Å². The van der Waals surface area contributed by atoms with Gasteiger partial charge in [0.05, 0.1) is 5.69 Å². The maximum absolute atomic E-state index is 13.4. The van der Waals surface area contributed by atoms with Crippen LogP contribution < -0.4 is 5.32 Å². The van der Waals surface area contributed by atoms with E-state index in [-0.39, 0.29) is 5.82 Å². The predicted octanol–water partition coefficient (Wildman–Crippen LogP) is 3.05. The molecule has 1 atom stereocenters. The van der Waals surface area contributed by atoms with Crippen LogP contribution in [-0.4, -0.2) is 17.5 Å². The van der Waals surface area contributed by atoms with Crippen molar-refractivity contribution in [3.63, 3.8) is 0 Å². The van der Waals surface area contributed by atoms with Crippen LogP contribution >= 0.6 is 11.8 Å². The van der Waals surface area contributed by atoms with E-state index in [2.05, 4.69) is 5.32 Å². The number of aryl methyl sites for hydroxylation is 1. The van der Waals surface area contributed by atoms with Gasteiger partial charge in [0.15, 0.2) is 0 Å². The molecule has 0 saturated carbocycles. The van der Waals surface area contributed by atoms with E-state index in [1.165, 1.54) is 11.8 Å². The average Bonchev–Trinajstić information content (AvgIpc) is 2.64. The first-order valence-electron chi connectivity index (χ1n) is 4.86. The lowest BCUT2D eigenvalue weighted by atomic mass is 10.2. The summed E-state index contributed by atoms with van der Waals surface area (Å²) in [5, 5.41) is 3.25. The van der Waals surface area contributed by atoms with Crippen LogP contribution in [0, 0.1) is 12.7 Å². The van der Waals surface area contributed by atoms with Gasteiger partial charge in [-0.15, -0.1) is 0 Å². The largest absolute Gasteiger partial charge is 0.379 e. The third-order valence-corrected chi connectivity index (χ3v) is 3.57. The summed E-state index contributed by atoms with van der Waals surface area (Å²) in [6.45, 7) is 1.98. The van der Waals surface area contributed by atoms with Gasteiger partial charge >= 0.3 is 0 Å². The van der Waals surface area contributed by atoms with E-state index in [4.69, 9.17) is 0 Å². The van der Waals surface area contributed by atoms with Crippen LogP contribution in [0.4, 0.5) is 10.1 Å². The summed E-state index contributed by atoms with van der Waals surface area (Å²) in [6.07, 6.45) is 1.14. The number of hydrogen-bond donors (Lipinski definition) is 1. The van der Waals surface area contributed by atoms with Crippen LogP contribution in [0.2, 0.25) is 0 Å². The second-order valence-electron chi connectivity index (χ2n) is 3.69. The first-order valence-corrected chi connectivity index (χ1v) is 6.01. The maximum atomic E-state index is 13.4. The highest BCUT2D eigenvalue weighted by Gasteiger charge is 2.16. The van der Waals surface area contributed by atoms with Crippen molar-refractivity contribution >= 4 is 17.4 Å². The molecule has 1 aromatic rings. The number of hydrogen-bond acceptors (Lipinski definition) is 2. The van der Waals surface area contributed by atoms with Crippen molar-refractivity contribution in [2.24, 2.45) is 0 Å². The number of halogens is 1. The first-order chi connectivity index (χ1) is 6.75. The molecule has 1 heterocycles. The van der Waals surface area contributed by atoms with E-state index in [0.717, 1.165) is 17.7 Å². The van der Waals surface area contributed by atoms with Gasteiger partial charge in [-0.25, -0.2) is 4.39 Å². The Hall–Kier alpha value is -0.700. The number of rotatable bonds is 2. The summed E-state index contributed by atoms with van der Waals surface area (Å²) < 4.78 is 13.4. The minimum Gasteiger partial charge on any atom is -0.379 e. The molecule has 0 radical (unpaired) electrons. The quantitative estimate of drug-likeness (QED) is 0.807. The van der Waals surface area contributed by atoms with Crippen LogP contribution in [0.5, 0.6) is 0 Å². The third kappa shape index (κ3) is 2.21. The molecule has 0 aromatic heterocycles. The molecule has 0 unspecified atom stereocenters. The van der Waals surface area contributed by atoms with Crippen LogP contribution in [0.15, 0.2) is 18.2 Å². The predicted molar refractivity (Wildman–Crippen MR) is 60.5 cm³/mol. The second kappa shape index (κ2) is 4.22. The van der Waals surface area contributed by atoms with Gasteiger partial charge in [-0.2, -0.15) is 11.8 Å². The van der Waals surface area contributed by atoms with E-state index in [0.29, 0.717) is 11.7 Å². The molecule has 1 aliphatic heterocycles. The molecular weight excluding hydrogens is 197 g/mol. The number of benzene rings is 1. The Bertz CT molecular complexity index is 321. The molecule has 14 heavy (non-hydrogen) atoms. The first kappa shape index (κ1) is 9.84. The molecule has 1 fully saturated rings. The molecule has 1 aliphatic rings. The summed E-state index contributed by atoms with van der Waals surface area (Å²) in [5.41, 5.74) is 1.75. The molecule has 0 spiro atoms. The summed E-state index contributed by atoms with van der Waals surface area (Å²) in [5.74, 6) is 2.13. The lowest BCUT2D eigenvalue weighted by Crippen LogP contribution is -2.18. The number of anilines is 1. The zero-order valence-corrected chi connectivity index (χ0v) is 9.03. The maximum Gasteiger partial charge on any atom is 0.146 e.